The van der Waals surface area contributed by atoms with Crippen LogP contribution in [0.15, 0.2) is 40.9 Å². The van der Waals surface area contributed by atoms with E-state index in [1.54, 1.807) is 6.07 Å². The molecule has 4 heteroatoms. The molecule has 4 nitrogen and oxygen atoms in total. The zero-order valence-corrected chi connectivity index (χ0v) is 12.5. The molecule has 0 radical (unpaired) electrons. The summed E-state index contributed by atoms with van der Waals surface area (Å²) in [4.78, 5) is 14.6. The van der Waals surface area contributed by atoms with Gasteiger partial charge in [-0.3, -0.25) is 4.79 Å². The van der Waals surface area contributed by atoms with Crippen molar-refractivity contribution in [3.8, 4) is 11.3 Å². The Morgan fingerprint density at radius 3 is 2.52 bits per heavy atom. The molecule has 1 saturated heterocycles. The summed E-state index contributed by atoms with van der Waals surface area (Å²) < 4.78 is 5.34. The van der Waals surface area contributed by atoms with Crippen molar-refractivity contribution in [2.75, 3.05) is 0 Å². The predicted octanol–water partition coefficient (Wildman–Crippen LogP) is 3.74. The molecular weight excluding hydrogens is 264 g/mol. The summed E-state index contributed by atoms with van der Waals surface area (Å²) in [6.45, 7) is 4.21. The molecule has 1 aliphatic rings. The fraction of sp³-hybridized carbons (Fsp3) is 0.412. The summed E-state index contributed by atoms with van der Waals surface area (Å²) >= 11 is 0. The second-order valence-electron chi connectivity index (χ2n) is 5.78. The average molecular weight is 284 g/mol. The van der Waals surface area contributed by atoms with Gasteiger partial charge in [0.2, 0.25) is 0 Å². The van der Waals surface area contributed by atoms with Crippen LogP contribution in [0.2, 0.25) is 0 Å². The molecule has 1 fully saturated rings. The van der Waals surface area contributed by atoms with Crippen LogP contribution in [0, 0.1) is 0 Å². The Morgan fingerprint density at radius 1 is 1.19 bits per heavy atom. The van der Waals surface area contributed by atoms with Crippen LogP contribution in [0.5, 0.6) is 0 Å². The van der Waals surface area contributed by atoms with Gasteiger partial charge in [0.1, 0.15) is 0 Å². The summed E-state index contributed by atoms with van der Waals surface area (Å²) in [5.41, 5.74) is 1.33. The molecule has 21 heavy (non-hydrogen) atoms. The lowest BCUT2D eigenvalue weighted by molar-refractivity contribution is 0.0500. The van der Waals surface area contributed by atoms with Gasteiger partial charge in [0.25, 0.3) is 5.91 Å². The minimum atomic E-state index is -0.0272. The van der Waals surface area contributed by atoms with E-state index in [9.17, 15) is 4.79 Å². The minimum absolute atomic E-state index is 0.0272. The van der Waals surface area contributed by atoms with Crippen LogP contribution < -0.4 is 0 Å². The third-order valence-corrected chi connectivity index (χ3v) is 4.22. The molecule has 3 rings (SSSR count). The van der Waals surface area contributed by atoms with Crippen LogP contribution in [0.3, 0.4) is 0 Å². The maximum absolute atomic E-state index is 12.7. The number of carbonyl (C=O) groups is 1. The predicted molar refractivity (Wildman–Crippen MR) is 80.9 cm³/mol. The minimum Gasteiger partial charge on any atom is -0.355 e. The van der Waals surface area contributed by atoms with E-state index >= 15 is 0 Å². The summed E-state index contributed by atoms with van der Waals surface area (Å²) in [6.07, 6.45) is 3.29. The maximum Gasteiger partial charge on any atom is 0.276 e. The quantitative estimate of drug-likeness (QED) is 0.844. The second-order valence-corrected chi connectivity index (χ2v) is 5.78. The molecule has 0 bridgehead atoms. The molecule has 1 aromatic heterocycles. The molecule has 2 atom stereocenters. The van der Waals surface area contributed by atoms with Gasteiger partial charge < -0.3 is 9.42 Å². The first-order chi connectivity index (χ1) is 10.2. The number of hydrogen-bond donors (Lipinski definition) is 0. The number of hydrogen-bond acceptors (Lipinski definition) is 3. The van der Waals surface area contributed by atoms with Gasteiger partial charge in [-0.25, -0.2) is 0 Å². The summed E-state index contributed by atoms with van der Waals surface area (Å²) in [6, 6.07) is 12.0. The van der Waals surface area contributed by atoms with Crippen LogP contribution >= 0.6 is 0 Å². The molecule has 2 heterocycles. The highest BCUT2D eigenvalue weighted by Gasteiger charge is 2.31. The van der Waals surface area contributed by atoms with E-state index in [1.165, 1.54) is 6.42 Å². The lowest BCUT2D eigenvalue weighted by Gasteiger charge is -2.38. The molecule has 0 saturated carbocycles. The molecular formula is C17H20N2O2. The van der Waals surface area contributed by atoms with Crippen molar-refractivity contribution < 1.29 is 9.32 Å². The fourth-order valence-corrected chi connectivity index (χ4v) is 3.07. The van der Waals surface area contributed by atoms with Gasteiger partial charge in [-0.2, -0.15) is 0 Å². The van der Waals surface area contributed by atoms with Crippen molar-refractivity contribution in [2.45, 2.75) is 45.2 Å². The molecule has 0 N–H and O–H groups in total. The molecule has 0 aliphatic carbocycles. The van der Waals surface area contributed by atoms with Crippen molar-refractivity contribution in [3.05, 3.63) is 42.1 Å². The van der Waals surface area contributed by atoms with Crippen LogP contribution in [-0.2, 0) is 0 Å². The number of nitrogens with zero attached hydrogens (tertiary/aromatic N) is 2. The average Bonchev–Trinajstić information content (AvgIpc) is 2.97. The first kappa shape index (κ1) is 13.9. The number of benzene rings is 1. The summed E-state index contributed by atoms with van der Waals surface area (Å²) in [5.74, 6) is 0.608. The number of amides is 1. The maximum atomic E-state index is 12.7. The second kappa shape index (κ2) is 5.72. The van der Waals surface area contributed by atoms with E-state index < -0.39 is 0 Å². The largest absolute Gasteiger partial charge is 0.355 e. The van der Waals surface area contributed by atoms with Gasteiger partial charge >= 0.3 is 0 Å². The standard InChI is InChI=1S/C17H20N2O2/c1-12-7-6-8-13(2)19(12)17(20)15-11-16(21-18-15)14-9-4-3-5-10-14/h3-5,9-13H,6-8H2,1-2H3/t12-,13-/m0/s1. The highest BCUT2D eigenvalue weighted by molar-refractivity contribution is 5.93. The van der Waals surface area contributed by atoms with Crippen molar-refractivity contribution in [3.63, 3.8) is 0 Å². The van der Waals surface area contributed by atoms with Gasteiger partial charge in [0.15, 0.2) is 11.5 Å². The van der Waals surface area contributed by atoms with Gasteiger partial charge in [0.05, 0.1) is 0 Å². The van der Waals surface area contributed by atoms with Crippen molar-refractivity contribution in [1.82, 2.24) is 10.1 Å². The number of likely N-dealkylation sites (tertiary alicyclic amines) is 1. The third kappa shape index (κ3) is 2.71. The van der Waals surface area contributed by atoms with Crippen LogP contribution in [0.4, 0.5) is 0 Å². The first-order valence-corrected chi connectivity index (χ1v) is 7.51. The number of rotatable bonds is 2. The SMILES string of the molecule is C[C@H]1CCC[C@H](C)N1C(=O)c1cc(-c2ccccc2)on1. The zero-order valence-electron chi connectivity index (χ0n) is 12.5. The van der Waals surface area contributed by atoms with E-state index in [0.29, 0.717) is 11.5 Å². The normalized spacial score (nSPS) is 22.3. The van der Waals surface area contributed by atoms with Crippen molar-refractivity contribution in [2.24, 2.45) is 0 Å². The number of aromatic nitrogens is 1. The molecule has 1 aromatic carbocycles. The summed E-state index contributed by atoms with van der Waals surface area (Å²) in [7, 11) is 0. The number of carbonyl (C=O) groups excluding carboxylic acids is 1. The van der Waals surface area contributed by atoms with E-state index in [0.717, 1.165) is 18.4 Å². The smallest absolute Gasteiger partial charge is 0.276 e. The monoisotopic (exact) mass is 284 g/mol. The van der Waals surface area contributed by atoms with Crippen LogP contribution in [0.1, 0.15) is 43.6 Å². The van der Waals surface area contributed by atoms with Crippen molar-refractivity contribution >= 4 is 5.91 Å². The Hall–Kier alpha value is -2.10. The molecule has 0 spiro atoms. The van der Waals surface area contributed by atoms with E-state index in [1.807, 2.05) is 35.2 Å². The van der Waals surface area contributed by atoms with Gasteiger partial charge in [-0.05, 0) is 33.1 Å². The third-order valence-electron chi connectivity index (χ3n) is 4.22. The Kier molecular flexibility index (Phi) is 3.78. The Labute approximate surface area is 124 Å². The Morgan fingerprint density at radius 2 is 1.86 bits per heavy atom. The fourth-order valence-electron chi connectivity index (χ4n) is 3.07. The zero-order chi connectivity index (χ0) is 14.8. The van der Waals surface area contributed by atoms with Crippen LogP contribution in [-0.4, -0.2) is 28.0 Å². The molecule has 1 amide bonds. The lowest BCUT2D eigenvalue weighted by atomic mass is 9.97. The highest BCUT2D eigenvalue weighted by atomic mass is 16.5. The Bertz CT molecular complexity index is 611. The first-order valence-electron chi connectivity index (χ1n) is 7.51. The van der Waals surface area contributed by atoms with Gasteiger partial charge in [-0.1, -0.05) is 35.5 Å². The van der Waals surface area contributed by atoms with Gasteiger partial charge in [-0.15, -0.1) is 0 Å². The Balaban J connectivity index is 1.84. The molecule has 1 aliphatic heterocycles. The van der Waals surface area contributed by atoms with Gasteiger partial charge in [0, 0.05) is 23.7 Å². The number of piperidine rings is 1. The van der Waals surface area contributed by atoms with E-state index in [4.69, 9.17) is 4.52 Å². The van der Waals surface area contributed by atoms with Crippen LogP contribution in [0.25, 0.3) is 11.3 Å². The molecule has 0 unspecified atom stereocenters. The summed E-state index contributed by atoms with van der Waals surface area (Å²) in [5, 5.41) is 3.97. The lowest BCUT2D eigenvalue weighted by Crippen LogP contribution is -2.47. The topological polar surface area (TPSA) is 46.3 Å². The molecule has 110 valence electrons. The highest BCUT2D eigenvalue weighted by Crippen LogP contribution is 2.26. The van der Waals surface area contributed by atoms with E-state index in [-0.39, 0.29) is 18.0 Å². The van der Waals surface area contributed by atoms with Crippen molar-refractivity contribution in [1.29, 1.82) is 0 Å². The molecule has 2 aromatic rings. The van der Waals surface area contributed by atoms with E-state index in [2.05, 4.69) is 19.0 Å².